The number of hydrogen-bond acceptors (Lipinski definition) is 3. The molecule has 0 radical (unpaired) electrons. The molecule has 1 atom stereocenters. The highest BCUT2D eigenvalue weighted by atomic mass is 19.1. The van der Waals surface area contributed by atoms with Crippen LogP contribution in [0.25, 0.3) is 0 Å². The molecule has 1 aromatic carbocycles. The number of benzene rings is 1. The first-order chi connectivity index (χ1) is 9.76. The number of hydrogen-bond donors (Lipinski definition) is 0. The van der Waals surface area contributed by atoms with Gasteiger partial charge in [0.1, 0.15) is 11.4 Å². The van der Waals surface area contributed by atoms with Gasteiger partial charge in [0.25, 0.3) is 0 Å². The molecule has 0 bridgehead atoms. The smallest absolute Gasteiger partial charge is 0.410 e. The summed E-state index contributed by atoms with van der Waals surface area (Å²) < 4.78 is 18.2. The predicted octanol–water partition coefficient (Wildman–Crippen LogP) is 3.27. The zero-order chi connectivity index (χ0) is 15.6. The monoisotopic (exact) mass is 293 g/mol. The lowest BCUT2D eigenvalue weighted by Crippen LogP contribution is -2.35. The summed E-state index contributed by atoms with van der Waals surface area (Å²) in [6, 6.07) is 5.50. The summed E-state index contributed by atoms with van der Waals surface area (Å²) in [5, 5.41) is 0. The third-order valence-electron chi connectivity index (χ3n) is 3.34. The molecule has 1 heterocycles. The zero-order valence-electron chi connectivity index (χ0n) is 12.6. The maximum Gasteiger partial charge on any atom is 0.410 e. The van der Waals surface area contributed by atoms with Crippen molar-refractivity contribution in [2.75, 3.05) is 13.1 Å². The van der Waals surface area contributed by atoms with Crippen LogP contribution < -0.4 is 0 Å². The fourth-order valence-electron chi connectivity index (χ4n) is 2.32. The summed E-state index contributed by atoms with van der Waals surface area (Å²) in [5.41, 5.74) is -0.0664. The van der Waals surface area contributed by atoms with E-state index in [0.29, 0.717) is 25.1 Å². The fraction of sp³-hybridized carbons (Fsp3) is 0.500. The average molecular weight is 293 g/mol. The van der Waals surface area contributed by atoms with E-state index in [-0.39, 0.29) is 17.5 Å². The lowest BCUT2D eigenvalue weighted by atomic mass is 9.97. The lowest BCUT2D eigenvalue weighted by Gasteiger charge is -2.24. The van der Waals surface area contributed by atoms with Gasteiger partial charge in [-0.1, -0.05) is 0 Å². The number of halogens is 1. The van der Waals surface area contributed by atoms with Gasteiger partial charge in [-0.15, -0.1) is 0 Å². The summed E-state index contributed by atoms with van der Waals surface area (Å²) in [6.45, 7) is 6.28. The molecular weight excluding hydrogens is 273 g/mol. The summed E-state index contributed by atoms with van der Waals surface area (Å²) in [7, 11) is 0. The zero-order valence-corrected chi connectivity index (χ0v) is 12.6. The number of nitrogens with zero attached hydrogens (tertiary/aromatic N) is 1. The van der Waals surface area contributed by atoms with Crippen molar-refractivity contribution in [3.05, 3.63) is 35.6 Å². The van der Waals surface area contributed by atoms with Crippen molar-refractivity contribution in [2.45, 2.75) is 32.8 Å². The quantitative estimate of drug-likeness (QED) is 0.786. The van der Waals surface area contributed by atoms with Crippen molar-refractivity contribution in [3.63, 3.8) is 0 Å². The normalized spacial score (nSPS) is 18.7. The Morgan fingerprint density at radius 2 is 1.86 bits per heavy atom. The summed E-state index contributed by atoms with van der Waals surface area (Å²) in [5.74, 6) is -0.669. The van der Waals surface area contributed by atoms with E-state index >= 15 is 0 Å². The first-order valence-electron chi connectivity index (χ1n) is 7.04. The fourth-order valence-corrected chi connectivity index (χ4v) is 2.32. The second-order valence-corrected chi connectivity index (χ2v) is 6.28. The first kappa shape index (κ1) is 15.5. The van der Waals surface area contributed by atoms with Crippen molar-refractivity contribution >= 4 is 11.9 Å². The maximum atomic E-state index is 12.9. The van der Waals surface area contributed by atoms with Gasteiger partial charge in [-0.05, 0) is 51.5 Å². The molecule has 1 aliphatic heterocycles. The van der Waals surface area contributed by atoms with Gasteiger partial charge < -0.3 is 9.64 Å². The molecular formula is C16H20FNO3. The predicted molar refractivity (Wildman–Crippen MR) is 76.6 cm³/mol. The maximum absolute atomic E-state index is 12.9. The van der Waals surface area contributed by atoms with Gasteiger partial charge in [-0.2, -0.15) is 0 Å². The minimum Gasteiger partial charge on any atom is -0.444 e. The van der Waals surface area contributed by atoms with Crippen LogP contribution >= 0.6 is 0 Å². The molecule has 0 aliphatic carbocycles. The van der Waals surface area contributed by atoms with Gasteiger partial charge in [0.05, 0.1) is 0 Å². The van der Waals surface area contributed by atoms with E-state index in [1.807, 2.05) is 20.8 Å². The van der Waals surface area contributed by atoms with Gasteiger partial charge in [-0.25, -0.2) is 9.18 Å². The lowest BCUT2D eigenvalue weighted by molar-refractivity contribution is 0.0289. The van der Waals surface area contributed by atoms with E-state index < -0.39 is 11.7 Å². The van der Waals surface area contributed by atoms with E-state index in [9.17, 15) is 14.0 Å². The number of carbonyl (C=O) groups is 2. The molecule has 114 valence electrons. The molecule has 0 N–H and O–H groups in total. The number of likely N-dealkylation sites (tertiary alicyclic amines) is 1. The summed E-state index contributed by atoms with van der Waals surface area (Å²) in [4.78, 5) is 25.8. The average Bonchev–Trinajstić information content (AvgIpc) is 2.86. The van der Waals surface area contributed by atoms with Gasteiger partial charge in [0.15, 0.2) is 5.78 Å². The molecule has 1 fully saturated rings. The van der Waals surface area contributed by atoms with Gasteiger partial charge >= 0.3 is 6.09 Å². The number of ether oxygens (including phenoxy) is 1. The van der Waals surface area contributed by atoms with Gasteiger partial charge in [-0.3, -0.25) is 4.79 Å². The molecule has 2 rings (SSSR count). The van der Waals surface area contributed by atoms with Crippen molar-refractivity contribution in [3.8, 4) is 0 Å². The van der Waals surface area contributed by atoms with E-state index in [4.69, 9.17) is 4.74 Å². The van der Waals surface area contributed by atoms with Gasteiger partial charge in [0, 0.05) is 24.6 Å². The third-order valence-corrected chi connectivity index (χ3v) is 3.34. The molecule has 0 spiro atoms. The SMILES string of the molecule is CC(C)(C)OC(=O)N1CCC(C(=O)c2ccc(F)cc2)C1. The van der Waals surface area contributed by atoms with Crippen LogP contribution in [0.15, 0.2) is 24.3 Å². The minimum absolute atomic E-state index is 0.0546. The number of amides is 1. The van der Waals surface area contributed by atoms with Crippen LogP contribution in [-0.2, 0) is 4.74 Å². The highest BCUT2D eigenvalue weighted by molar-refractivity contribution is 5.98. The summed E-state index contributed by atoms with van der Waals surface area (Å²) >= 11 is 0. The van der Waals surface area contributed by atoms with Gasteiger partial charge in [0.2, 0.25) is 0 Å². The number of carbonyl (C=O) groups excluding carboxylic acids is 2. The van der Waals surface area contributed by atoms with E-state index in [2.05, 4.69) is 0 Å². The number of Topliss-reactive ketones (excluding diaryl/α,β-unsaturated/α-hetero) is 1. The number of rotatable bonds is 2. The second-order valence-electron chi connectivity index (χ2n) is 6.28. The van der Waals surface area contributed by atoms with E-state index in [0.717, 1.165) is 0 Å². The minimum atomic E-state index is -0.546. The Kier molecular flexibility index (Phi) is 4.30. The van der Waals surface area contributed by atoms with Crippen LogP contribution in [0, 0.1) is 11.7 Å². The number of ketones is 1. The molecule has 1 aliphatic rings. The molecule has 0 saturated carbocycles. The Bertz CT molecular complexity index is 533. The Balaban J connectivity index is 1.97. The molecule has 21 heavy (non-hydrogen) atoms. The Morgan fingerprint density at radius 1 is 1.24 bits per heavy atom. The highest BCUT2D eigenvalue weighted by Gasteiger charge is 2.33. The van der Waals surface area contributed by atoms with Crippen LogP contribution in [-0.4, -0.2) is 35.5 Å². The Hall–Kier alpha value is -1.91. The molecule has 1 saturated heterocycles. The van der Waals surface area contributed by atoms with Crippen LogP contribution in [0.3, 0.4) is 0 Å². The Labute approximate surface area is 123 Å². The largest absolute Gasteiger partial charge is 0.444 e. The van der Waals surface area contributed by atoms with Crippen LogP contribution in [0.5, 0.6) is 0 Å². The van der Waals surface area contributed by atoms with Crippen LogP contribution in [0.1, 0.15) is 37.6 Å². The Morgan fingerprint density at radius 3 is 2.43 bits per heavy atom. The second kappa shape index (κ2) is 5.84. The van der Waals surface area contributed by atoms with E-state index in [1.165, 1.54) is 24.3 Å². The van der Waals surface area contributed by atoms with Crippen molar-refractivity contribution < 1.29 is 18.7 Å². The summed E-state index contributed by atoms with van der Waals surface area (Å²) in [6.07, 6.45) is 0.215. The molecule has 1 unspecified atom stereocenters. The standard InChI is InChI=1S/C16H20FNO3/c1-16(2,3)21-15(20)18-9-8-12(10-18)14(19)11-4-6-13(17)7-5-11/h4-7,12H,8-10H2,1-3H3. The molecule has 1 amide bonds. The van der Waals surface area contributed by atoms with Crippen molar-refractivity contribution in [1.82, 2.24) is 4.90 Å². The topological polar surface area (TPSA) is 46.6 Å². The molecule has 4 nitrogen and oxygen atoms in total. The van der Waals surface area contributed by atoms with Crippen molar-refractivity contribution in [2.24, 2.45) is 5.92 Å². The molecule has 0 aromatic heterocycles. The third kappa shape index (κ3) is 4.03. The van der Waals surface area contributed by atoms with Crippen LogP contribution in [0.4, 0.5) is 9.18 Å². The molecule has 1 aromatic rings. The van der Waals surface area contributed by atoms with Crippen molar-refractivity contribution in [1.29, 1.82) is 0 Å². The molecule has 5 heteroatoms. The van der Waals surface area contributed by atoms with Crippen LogP contribution in [0.2, 0.25) is 0 Å². The highest BCUT2D eigenvalue weighted by Crippen LogP contribution is 2.23. The van der Waals surface area contributed by atoms with E-state index in [1.54, 1.807) is 4.90 Å². The first-order valence-corrected chi connectivity index (χ1v) is 7.04.